The number of ether oxygens (including phenoxy) is 2. The van der Waals surface area contributed by atoms with E-state index in [2.05, 4.69) is 31.3 Å². The number of fused-ring (bicyclic) bond motifs is 1. The fourth-order valence-corrected chi connectivity index (χ4v) is 2.05. The molecular weight excluding hydrogens is 214 g/mol. The summed E-state index contributed by atoms with van der Waals surface area (Å²) < 4.78 is 10.6. The molecule has 0 saturated heterocycles. The SMILES string of the molecule is CCC(CC)CNCc1ccc2c(c1)OCO2. The first-order valence-corrected chi connectivity index (χ1v) is 6.42. The average Bonchev–Trinajstić information content (AvgIpc) is 2.82. The van der Waals surface area contributed by atoms with Gasteiger partial charge in [-0.15, -0.1) is 0 Å². The molecule has 0 aromatic heterocycles. The zero-order valence-electron chi connectivity index (χ0n) is 10.7. The predicted molar refractivity (Wildman–Crippen MR) is 68.3 cm³/mol. The molecule has 0 bridgehead atoms. The summed E-state index contributed by atoms with van der Waals surface area (Å²) in [5.74, 6) is 2.50. The molecule has 1 aromatic rings. The highest BCUT2D eigenvalue weighted by molar-refractivity contribution is 5.44. The summed E-state index contributed by atoms with van der Waals surface area (Å²) in [6.45, 7) is 6.82. The molecule has 3 nitrogen and oxygen atoms in total. The molecule has 1 aliphatic rings. The summed E-state index contributed by atoms with van der Waals surface area (Å²) in [6, 6.07) is 6.13. The first kappa shape index (κ1) is 12.2. The van der Waals surface area contributed by atoms with Gasteiger partial charge in [-0.3, -0.25) is 0 Å². The Morgan fingerprint density at radius 3 is 2.71 bits per heavy atom. The molecular formula is C14H21NO2. The summed E-state index contributed by atoms with van der Waals surface area (Å²) in [6.07, 6.45) is 2.48. The number of rotatable bonds is 6. The third-order valence-electron chi connectivity index (χ3n) is 3.35. The van der Waals surface area contributed by atoms with E-state index in [1.54, 1.807) is 0 Å². The zero-order valence-corrected chi connectivity index (χ0v) is 10.7. The molecule has 2 rings (SSSR count). The molecule has 0 radical (unpaired) electrons. The second-order valence-corrected chi connectivity index (χ2v) is 4.50. The topological polar surface area (TPSA) is 30.5 Å². The highest BCUT2D eigenvalue weighted by atomic mass is 16.7. The van der Waals surface area contributed by atoms with Gasteiger partial charge in [-0.25, -0.2) is 0 Å². The van der Waals surface area contributed by atoms with Gasteiger partial charge < -0.3 is 14.8 Å². The molecule has 1 heterocycles. The number of nitrogens with one attached hydrogen (secondary N) is 1. The van der Waals surface area contributed by atoms with Crippen LogP contribution in [0.2, 0.25) is 0 Å². The molecule has 1 N–H and O–H groups in total. The van der Waals surface area contributed by atoms with Crippen LogP contribution in [0.4, 0.5) is 0 Å². The Morgan fingerprint density at radius 2 is 1.94 bits per heavy atom. The molecule has 0 amide bonds. The number of benzene rings is 1. The quantitative estimate of drug-likeness (QED) is 0.822. The van der Waals surface area contributed by atoms with Crippen LogP contribution in [0.1, 0.15) is 32.3 Å². The molecule has 0 fully saturated rings. The highest BCUT2D eigenvalue weighted by Crippen LogP contribution is 2.32. The molecule has 1 aromatic carbocycles. The van der Waals surface area contributed by atoms with Crippen molar-refractivity contribution >= 4 is 0 Å². The van der Waals surface area contributed by atoms with Crippen LogP contribution >= 0.6 is 0 Å². The molecule has 0 unspecified atom stereocenters. The first-order chi connectivity index (χ1) is 8.33. The van der Waals surface area contributed by atoms with Gasteiger partial charge in [0.2, 0.25) is 6.79 Å². The van der Waals surface area contributed by atoms with Crippen LogP contribution in [0.3, 0.4) is 0 Å². The molecule has 1 aliphatic heterocycles. The minimum absolute atomic E-state index is 0.347. The summed E-state index contributed by atoms with van der Waals surface area (Å²) in [5.41, 5.74) is 1.25. The predicted octanol–water partition coefficient (Wildman–Crippen LogP) is 2.94. The lowest BCUT2D eigenvalue weighted by molar-refractivity contribution is 0.174. The lowest BCUT2D eigenvalue weighted by atomic mass is 10.0. The van der Waals surface area contributed by atoms with Gasteiger partial charge in [0, 0.05) is 6.54 Å². The van der Waals surface area contributed by atoms with Crippen LogP contribution in [0.15, 0.2) is 18.2 Å². The maximum atomic E-state index is 5.36. The van der Waals surface area contributed by atoms with Crippen molar-refractivity contribution in [2.75, 3.05) is 13.3 Å². The van der Waals surface area contributed by atoms with Crippen molar-refractivity contribution in [3.8, 4) is 11.5 Å². The smallest absolute Gasteiger partial charge is 0.231 e. The second kappa shape index (κ2) is 5.92. The van der Waals surface area contributed by atoms with E-state index in [0.717, 1.165) is 30.5 Å². The van der Waals surface area contributed by atoms with E-state index in [-0.39, 0.29) is 0 Å². The molecule has 0 saturated carbocycles. The van der Waals surface area contributed by atoms with Gasteiger partial charge in [0.05, 0.1) is 0 Å². The molecule has 0 atom stereocenters. The normalized spacial score (nSPS) is 13.4. The molecule has 94 valence electrons. The number of hydrogen-bond donors (Lipinski definition) is 1. The third-order valence-corrected chi connectivity index (χ3v) is 3.35. The maximum Gasteiger partial charge on any atom is 0.231 e. The van der Waals surface area contributed by atoms with Gasteiger partial charge in [-0.05, 0) is 30.2 Å². The van der Waals surface area contributed by atoms with Gasteiger partial charge in [0.1, 0.15) is 0 Å². The summed E-state index contributed by atoms with van der Waals surface area (Å²) >= 11 is 0. The van der Waals surface area contributed by atoms with Crippen LogP contribution in [0.5, 0.6) is 11.5 Å². The minimum atomic E-state index is 0.347. The maximum absolute atomic E-state index is 5.36. The molecule has 0 spiro atoms. The average molecular weight is 235 g/mol. The van der Waals surface area contributed by atoms with Crippen molar-refractivity contribution in [2.45, 2.75) is 33.2 Å². The van der Waals surface area contributed by atoms with Crippen molar-refractivity contribution in [1.29, 1.82) is 0 Å². The van der Waals surface area contributed by atoms with E-state index in [4.69, 9.17) is 9.47 Å². The minimum Gasteiger partial charge on any atom is -0.454 e. The number of hydrogen-bond acceptors (Lipinski definition) is 3. The van der Waals surface area contributed by atoms with Crippen LogP contribution in [-0.4, -0.2) is 13.3 Å². The monoisotopic (exact) mass is 235 g/mol. The van der Waals surface area contributed by atoms with E-state index in [1.165, 1.54) is 18.4 Å². The Bertz CT molecular complexity index is 361. The lowest BCUT2D eigenvalue weighted by Gasteiger charge is -2.13. The van der Waals surface area contributed by atoms with Crippen LogP contribution in [0.25, 0.3) is 0 Å². The zero-order chi connectivity index (χ0) is 12.1. The van der Waals surface area contributed by atoms with E-state index in [0.29, 0.717) is 6.79 Å². The fourth-order valence-electron chi connectivity index (χ4n) is 2.05. The molecule has 3 heteroatoms. The van der Waals surface area contributed by atoms with E-state index >= 15 is 0 Å². The van der Waals surface area contributed by atoms with Crippen LogP contribution < -0.4 is 14.8 Å². The van der Waals surface area contributed by atoms with Gasteiger partial charge in [-0.2, -0.15) is 0 Å². The summed E-state index contributed by atoms with van der Waals surface area (Å²) in [4.78, 5) is 0. The standard InChI is InChI=1S/C14H21NO2/c1-3-11(4-2)8-15-9-12-5-6-13-14(7-12)17-10-16-13/h5-7,11,15H,3-4,8-10H2,1-2H3. The summed E-state index contributed by atoms with van der Waals surface area (Å²) in [7, 11) is 0. The van der Waals surface area contributed by atoms with Gasteiger partial charge in [-0.1, -0.05) is 32.8 Å². The fraction of sp³-hybridized carbons (Fsp3) is 0.571. The molecule has 17 heavy (non-hydrogen) atoms. The summed E-state index contributed by atoms with van der Waals surface area (Å²) in [5, 5.41) is 3.50. The van der Waals surface area contributed by atoms with E-state index in [1.807, 2.05) is 6.07 Å². The Kier molecular flexibility index (Phi) is 4.26. The first-order valence-electron chi connectivity index (χ1n) is 6.42. The van der Waals surface area contributed by atoms with E-state index in [9.17, 15) is 0 Å². The van der Waals surface area contributed by atoms with Gasteiger partial charge in [0.25, 0.3) is 0 Å². The van der Waals surface area contributed by atoms with Crippen molar-refractivity contribution in [1.82, 2.24) is 5.32 Å². The Hall–Kier alpha value is -1.22. The second-order valence-electron chi connectivity index (χ2n) is 4.50. The van der Waals surface area contributed by atoms with Crippen molar-refractivity contribution < 1.29 is 9.47 Å². The Balaban J connectivity index is 1.83. The van der Waals surface area contributed by atoms with Crippen LogP contribution in [0, 0.1) is 5.92 Å². The molecule has 0 aliphatic carbocycles. The Labute approximate surface area is 103 Å². The highest BCUT2D eigenvalue weighted by Gasteiger charge is 2.12. The largest absolute Gasteiger partial charge is 0.454 e. The van der Waals surface area contributed by atoms with Crippen molar-refractivity contribution in [3.05, 3.63) is 23.8 Å². The Morgan fingerprint density at radius 1 is 1.18 bits per heavy atom. The van der Waals surface area contributed by atoms with Gasteiger partial charge >= 0.3 is 0 Å². The third kappa shape index (κ3) is 3.13. The van der Waals surface area contributed by atoms with Crippen LogP contribution in [-0.2, 0) is 6.54 Å². The van der Waals surface area contributed by atoms with Crippen molar-refractivity contribution in [2.24, 2.45) is 5.92 Å². The lowest BCUT2D eigenvalue weighted by Crippen LogP contribution is -2.21. The van der Waals surface area contributed by atoms with Crippen molar-refractivity contribution in [3.63, 3.8) is 0 Å². The van der Waals surface area contributed by atoms with E-state index < -0.39 is 0 Å². The van der Waals surface area contributed by atoms with Gasteiger partial charge in [0.15, 0.2) is 11.5 Å².